The number of hydrogen-bond donors (Lipinski definition) is 1. The molecule has 1 aromatic rings. The Labute approximate surface area is 99.8 Å². The molecule has 5 heteroatoms. The van der Waals surface area contributed by atoms with Crippen LogP contribution >= 0.6 is 0 Å². The Morgan fingerprint density at radius 2 is 2.18 bits per heavy atom. The molecular weight excluding hydrogens is 218 g/mol. The lowest BCUT2D eigenvalue weighted by Gasteiger charge is -2.19. The molecule has 0 saturated carbocycles. The second kappa shape index (κ2) is 4.33. The van der Waals surface area contributed by atoms with Gasteiger partial charge in [0.2, 0.25) is 5.91 Å². The summed E-state index contributed by atoms with van der Waals surface area (Å²) in [7, 11) is 1.67. The zero-order valence-corrected chi connectivity index (χ0v) is 10.1. The van der Waals surface area contributed by atoms with E-state index in [9.17, 15) is 9.59 Å². The van der Waals surface area contributed by atoms with Gasteiger partial charge in [0.05, 0.1) is 11.7 Å². The molecule has 1 aromatic heterocycles. The maximum atomic E-state index is 11.9. The molecule has 92 valence electrons. The van der Waals surface area contributed by atoms with Crippen LogP contribution < -0.4 is 16.2 Å². The van der Waals surface area contributed by atoms with Gasteiger partial charge in [0, 0.05) is 25.9 Å². The summed E-state index contributed by atoms with van der Waals surface area (Å²) < 4.78 is 1.65. The maximum absolute atomic E-state index is 11.9. The van der Waals surface area contributed by atoms with Crippen molar-refractivity contribution in [3.05, 3.63) is 28.2 Å². The lowest BCUT2D eigenvalue weighted by atomic mass is 10.1. The molecule has 1 aliphatic heterocycles. The predicted octanol–water partition coefficient (Wildman–Crippen LogP) is 0.104. The van der Waals surface area contributed by atoms with Crippen molar-refractivity contribution in [1.82, 2.24) is 4.57 Å². The van der Waals surface area contributed by atoms with Crippen LogP contribution in [0.3, 0.4) is 0 Å². The van der Waals surface area contributed by atoms with Gasteiger partial charge in [-0.25, -0.2) is 0 Å². The number of amides is 1. The van der Waals surface area contributed by atoms with E-state index >= 15 is 0 Å². The number of aryl methyl sites for hydroxylation is 2. The van der Waals surface area contributed by atoms with Crippen LogP contribution in [0, 0.1) is 0 Å². The van der Waals surface area contributed by atoms with Crippen LogP contribution in [0.4, 0.5) is 5.69 Å². The number of carbonyl (C=O) groups is 1. The van der Waals surface area contributed by atoms with Crippen LogP contribution in [-0.2, 0) is 17.8 Å². The van der Waals surface area contributed by atoms with Crippen LogP contribution in [0.5, 0.6) is 0 Å². The number of rotatable bonds is 1. The van der Waals surface area contributed by atoms with Gasteiger partial charge < -0.3 is 15.2 Å². The van der Waals surface area contributed by atoms with Gasteiger partial charge in [0.1, 0.15) is 0 Å². The first-order chi connectivity index (χ1) is 8.04. The average Bonchev–Trinajstić information content (AvgIpc) is 2.42. The lowest BCUT2D eigenvalue weighted by Crippen LogP contribution is -2.41. The van der Waals surface area contributed by atoms with Gasteiger partial charge in [-0.1, -0.05) is 0 Å². The number of likely N-dealkylation sites (N-methyl/N-ethyl adjacent to an activating group) is 1. The number of nitrogens with two attached hydrogens (primary N) is 1. The van der Waals surface area contributed by atoms with Crippen LogP contribution in [0.15, 0.2) is 17.1 Å². The first-order valence-corrected chi connectivity index (χ1v) is 5.81. The molecule has 0 fully saturated rings. The minimum Gasteiger partial charge on any atom is -0.320 e. The summed E-state index contributed by atoms with van der Waals surface area (Å²) >= 11 is 0. The number of anilines is 1. The molecule has 2 N–H and O–H groups in total. The van der Waals surface area contributed by atoms with Crippen molar-refractivity contribution in [2.45, 2.75) is 32.4 Å². The molecule has 0 spiro atoms. The summed E-state index contributed by atoms with van der Waals surface area (Å²) in [5, 5.41) is 0. The van der Waals surface area contributed by atoms with Crippen molar-refractivity contribution >= 4 is 11.6 Å². The monoisotopic (exact) mass is 235 g/mol. The van der Waals surface area contributed by atoms with E-state index in [0.29, 0.717) is 18.7 Å². The summed E-state index contributed by atoms with van der Waals surface area (Å²) in [6.45, 7) is 2.56. The Hall–Kier alpha value is -1.62. The second-order valence-corrected chi connectivity index (χ2v) is 4.35. The molecule has 0 unspecified atom stereocenters. The van der Waals surface area contributed by atoms with Gasteiger partial charge in [0.15, 0.2) is 0 Å². The van der Waals surface area contributed by atoms with E-state index in [1.165, 1.54) is 11.0 Å². The first kappa shape index (κ1) is 11.9. The molecule has 5 nitrogen and oxygen atoms in total. The summed E-state index contributed by atoms with van der Waals surface area (Å²) in [6.07, 6.45) is 3.18. The summed E-state index contributed by atoms with van der Waals surface area (Å²) in [5.41, 5.74) is 7.40. The number of aromatic nitrogens is 1. The molecule has 1 atom stereocenters. The minimum absolute atomic E-state index is 0.0821. The van der Waals surface area contributed by atoms with E-state index in [0.717, 1.165) is 12.0 Å². The maximum Gasteiger partial charge on any atom is 0.252 e. The van der Waals surface area contributed by atoms with Gasteiger partial charge in [0.25, 0.3) is 5.56 Å². The van der Waals surface area contributed by atoms with E-state index in [1.807, 2.05) is 13.1 Å². The molecule has 2 rings (SSSR count). The fourth-order valence-corrected chi connectivity index (χ4v) is 2.16. The van der Waals surface area contributed by atoms with Crippen LogP contribution in [0.25, 0.3) is 0 Å². The summed E-state index contributed by atoms with van der Waals surface area (Å²) in [5.74, 6) is -0.127. The number of nitrogens with zero attached hydrogens (tertiary/aromatic N) is 2. The van der Waals surface area contributed by atoms with E-state index in [4.69, 9.17) is 5.73 Å². The number of pyridine rings is 1. The number of hydrogen-bond acceptors (Lipinski definition) is 3. The SMILES string of the molecule is CCn1cc2c(cc1=O)N(C)C(=O)[C@H](N)CC2. The third-order valence-corrected chi connectivity index (χ3v) is 3.26. The van der Waals surface area contributed by atoms with Gasteiger partial charge in [-0.05, 0) is 25.3 Å². The normalized spacial score (nSPS) is 20.1. The summed E-state index contributed by atoms with van der Waals surface area (Å²) in [4.78, 5) is 25.1. The highest BCUT2D eigenvalue weighted by Crippen LogP contribution is 2.23. The van der Waals surface area contributed by atoms with Crippen LogP contribution in [0.1, 0.15) is 18.9 Å². The Morgan fingerprint density at radius 3 is 2.82 bits per heavy atom. The molecule has 2 heterocycles. The molecule has 1 amide bonds. The Kier molecular flexibility index (Phi) is 3.02. The third kappa shape index (κ3) is 1.98. The molecule has 0 aliphatic carbocycles. The standard InChI is InChI=1S/C12H17N3O2/c1-3-15-7-8-4-5-9(13)12(17)14(2)10(8)6-11(15)16/h6-7,9H,3-5,13H2,1-2H3/t9-/m1/s1. The smallest absolute Gasteiger partial charge is 0.252 e. The van der Waals surface area contributed by atoms with Crippen molar-refractivity contribution in [2.75, 3.05) is 11.9 Å². The number of carbonyl (C=O) groups excluding carboxylic acids is 1. The molecule has 0 aromatic carbocycles. The second-order valence-electron chi connectivity index (χ2n) is 4.35. The predicted molar refractivity (Wildman–Crippen MR) is 66.1 cm³/mol. The van der Waals surface area contributed by atoms with Crippen molar-refractivity contribution < 1.29 is 4.79 Å². The zero-order chi connectivity index (χ0) is 12.6. The van der Waals surface area contributed by atoms with Crippen LogP contribution in [0.2, 0.25) is 0 Å². The van der Waals surface area contributed by atoms with E-state index in [1.54, 1.807) is 11.6 Å². The highest BCUT2D eigenvalue weighted by atomic mass is 16.2. The molecular formula is C12H17N3O2. The number of fused-ring (bicyclic) bond motifs is 1. The zero-order valence-electron chi connectivity index (χ0n) is 10.1. The molecule has 0 radical (unpaired) electrons. The highest BCUT2D eigenvalue weighted by molar-refractivity contribution is 5.97. The van der Waals surface area contributed by atoms with E-state index < -0.39 is 6.04 Å². The van der Waals surface area contributed by atoms with E-state index in [2.05, 4.69) is 0 Å². The Balaban J connectivity index is 2.55. The van der Waals surface area contributed by atoms with Gasteiger partial charge in [-0.3, -0.25) is 9.59 Å². The average molecular weight is 235 g/mol. The topological polar surface area (TPSA) is 68.3 Å². The fraction of sp³-hybridized carbons (Fsp3) is 0.500. The highest BCUT2D eigenvalue weighted by Gasteiger charge is 2.25. The Morgan fingerprint density at radius 1 is 1.47 bits per heavy atom. The van der Waals surface area contributed by atoms with Crippen LogP contribution in [-0.4, -0.2) is 23.6 Å². The van der Waals surface area contributed by atoms with Crippen molar-refractivity contribution in [3.8, 4) is 0 Å². The first-order valence-electron chi connectivity index (χ1n) is 5.81. The Bertz CT molecular complexity index is 507. The summed E-state index contributed by atoms with van der Waals surface area (Å²) in [6, 6.07) is 1.05. The molecule has 0 saturated heterocycles. The fourth-order valence-electron chi connectivity index (χ4n) is 2.16. The molecule has 1 aliphatic rings. The largest absolute Gasteiger partial charge is 0.320 e. The third-order valence-electron chi connectivity index (χ3n) is 3.26. The van der Waals surface area contributed by atoms with Gasteiger partial charge >= 0.3 is 0 Å². The van der Waals surface area contributed by atoms with Gasteiger partial charge in [-0.2, -0.15) is 0 Å². The van der Waals surface area contributed by atoms with Crippen molar-refractivity contribution in [2.24, 2.45) is 5.73 Å². The van der Waals surface area contributed by atoms with Crippen molar-refractivity contribution in [3.63, 3.8) is 0 Å². The van der Waals surface area contributed by atoms with Crippen molar-refractivity contribution in [1.29, 1.82) is 0 Å². The van der Waals surface area contributed by atoms with E-state index in [-0.39, 0.29) is 11.5 Å². The quantitative estimate of drug-likeness (QED) is 0.751. The van der Waals surface area contributed by atoms with Gasteiger partial charge in [-0.15, -0.1) is 0 Å². The lowest BCUT2D eigenvalue weighted by molar-refractivity contribution is -0.119. The molecule has 17 heavy (non-hydrogen) atoms. The molecule has 0 bridgehead atoms. The minimum atomic E-state index is -0.474.